The molecule has 1 saturated heterocycles. The van der Waals surface area contributed by atoms with E-state index in [0.717, 1.165) is 11.1 Å². The molecule has 0 N–H and O–H groups in total. The molecule has 1 aliphatic heterocycles. The van der Waals surface area contributed by atoms with Crippen molar-refractivity contribution in [2.45, 2.75) is 31.8 Å². The van der Waals surface area contributed by atoms with Crippen LogP contribution in [0.4, 0.5) is 8.78 Å². The molecule has 0 unspecified atom stereocenters. The molecule has 5 rings (SSSR count). The summed E-state index contributed by atoms with van der Waals surface area (Å²) in [5, 5.41) is 4.01. The first-order valence-corrected chi connectivity index (χ1v) is 12.3. The maximum atomic E-state index is 13.7. The summed E-state index contributed by atoms with van der Waals surface area (Å²) in [6, 6.07) is 18.7. The Morgan fingerprint density at radius 3 is 2.34 bits per heavy atom. The summed E-state index contributed by atoms with van der Waals surface area (Å²) in [5.41, 5.74) is 1.63. The molecular formula is C29H26F2N4O3. The average Bonchev–Trinajstić information content (AvgIpc) is 3.57. The molecule has 1 amide bonds. The number of Topliss-reactive ketones (excluding diaryl/α,β-unsaturated/α-hetero) is 1. The maximum Gasteiger partial charge on any atom is 0.244 e. The molecule has 1 fully saturated rings. The number of carbonyl (C=O) groups excluding carboxylic acids is 2. The third-order valence-corrected chi connectivity index (χ3v) is 6.61. The highest BCUT2D eigenvalue weighted by Gasteiger charge is 2.39. The molecule has 2 heterocycles. The minimum atomic E-state index is -0.584. The van der Waals surface area contributed by atoms with Crippen molar-refractivity contribution < 1.29 is 23.1 Å². The van der Waals surface area contributed by atoms with Crippen LogP contribution in [0.1, 0.15) is 17.5 Å². The SMILES string of the molecule is O=C(Cc1ccc(Oc2ccc(F)cc2)cc1)[C@@H]1C[C@@H](Cc2cccc(F)c2)CN1C(=O)Cn1cncn1. The van der Waals surface area contributed by atoms with E-state index < -0.39 is 6.04 Å². The van der Waals surface area contributed by atoms with Crippen LogP contribution < -0.4 is 4.74 Å². The van der Waals surface area contributed by atoms with Crippen LogP contribution in [0.15, 0.2) is 85.5 Å². The molecule has 3 aromatic carbocycles. The first-order valence-electron chi connectivity index (χ1n) is 12.3. The average molecular weight is 517 g/mol. The molecular weight excluding hydrogens is 490 g/mol. The number of nitrogens with zero attached hydrogens (tertiary/aromatic N) is 4. The van der Waals surface area contributed by atoms with Gasteiger partial charge in [0.05, 0.1) is 6.04 Å². The quantitative estimate of drug-likeness (QED) is 0.325. The number of halogens is 2. The Hall–Kier alpha value is -4.40. The number of ketones is 1. The monoisotopic (exact) mass is 516 g/mol. The van der Waals surface area contributed by atoms with E-state index in [9.17, 15) is 18.4 Å². The minimum Gasteiger partial charge on any atom is -0.457 e. The third kappa shape index (κ3) is 6.29. The van der Waals surface area contributed by atoms with Gasteiger partial charge >= 0.3 is 0 Å². The molecule has 7 nitrogen and oxygen atoms in total. The fourth-order valence-corrected chi connectivity index (χ4v) is 4.83. The second-order valence-electron chi connectivity index (χ2n) is 9.43. The van der Waals surface area contributed by atoms with Crippen molar-refractivity contribution in [1.29, 1.82) is 0 Å². The maximum absolute atomic E-state index is 13.7. The molecule has 0 spiro atoms. The zero-order valence-corrected chi connectivity index (χ0v) is 20.5. The van der Waals surface area contributed by atoms with Crippen LogP contribution in [0, 0.1) is 17.6 Å². The van der Waals surface area contributed by atoms with Gasteiger partial charge in [0.25, 0.3) is 0 Å². The van der Waals surface area contributed by atoms with E-state index in [4.69, 9.17) is 4.74 Å². The van der Waals surface area contributed by atoms with Gasteiger partial charge in [0.15, 0.2) is 5.78 Å². The lowest BCUT2D eigenvalue weighted by molar-refractivity contribution is -0.138. The van der Waals surface area contributed by atoms with Crippen LogP contribution in [0.2, 0.25) is 0 Å². The third-order valence-electron chi connectivity index (χ3n) is 6.61. The molecule has 0 saturated carbocycles. The van der Waals surface area contributed by atoms with Crippen LogP contribution in [0.25, 0.3) is 0 Å². The number of rotatable bonds is 9. The first-order chi connectivity index (χ1) is 18.4. The Morgan fingerprint density at radius 1 is 0.921 bits per heavy atom. The fourth-order valence-electron chi connectivity index (χ4n) is 4.83. The predicted octanol–water partition coefficient (Wildman–Crippen LogP) is 4.62. The Balaban J connectivity index is 1.27. The molecule has 0 radical (unpaired) electrons. The highest BCUT2D eigenvalue weighted by Crippen LogP contribution is 2.29. The zero-order chi connectivity index (χ0) is 26.5. The molecule has 9 heteroatoms. The van der Waals surface area contributed by atoms with E-state index in [1.165, 1.54) is 53.7 Å². The minimum absolute atomic E-state index is 0.00805. The van der Waals surface area contributed by atoms with Crippen LogP contribution >= 0.6 is 0 Å². The van der Waals surface area contributed by atoms with Gasteiger partial charge in [0.1, 0.15) is 42.3 Å². The second-order valence-corrected chi connectivity index (χ2v) is 9.43. The highest BCUT2D eigenvalue weighted by atomic mass is 19.1. The Bertz CT molecular complexity index is 1390. The number of benzene rings is 3. The first kappa shape index (κ1) is 25.3. The molecule has 0 bridgehead atoms. The largest absolute Gasteiger partial charge is 0.457 e. The van der Waals surface area contributed by atoms with Gasteiger partial charge in [0, 0.05) is 13.0 Å². The van der Waals surface area contributed by atoms with Crippen LogP contribution in [0.3, 0.4) is 0 Å². The number of hydrogen-bond acceptors (Lipinski definition) is 5. The Morgan fingerprint density at radius 2 is 1.66 bits per heavy atom. The van der Waals surface area contributed by atoms with Crippen LogP contribution in [-0.2, 0) is 29.0 Å². The van der Waals surface area contributed by atoms with E-state index >= 15 is 0 Å². The molecule has 38 heavy (non-hydrogen) atoms. The number of hydrogen-bond donors (Lipinski definition) is 0. The van der Waals surface area contributed by atoms with Crippen molar-refractivity contribution in [2.24, 2.45) is 5.92 Å². The number of amides is 1. The van der Waals surface area contributed by atoms with Crippen LogP contribution in [-0.4, -0.2) is 43.9 Å². The van der Waals surface area contributed by atoms with Gasteiger partial charge in [-0.05, 0) is 78.4 Å². The second kappa shape index (κ2) is 11.3. The van der Waals surface area contributed by atoms with E-state index in [1.54, 1.807) is 35.2 Å². The van der Waals surface area contributed by atoms with Gasteiger partial charge in [-0.15, -0.1) is 0 Å². The molecule has 4 aromatic rings. The van der Waals surface area contributed by atoms with E-state index in [2.05, 4.69) is 10.1 Å². The fraction of sp³-hybridized carbons (Fsp3) is 0.241. The Labute approximate surface area is 218 Å². The van der Waals surface area contributed by atoms with Gasteiger partial charge in [-0.25, -0.2) is 18.4 Å². The summed E-state index contributed by atoms with van der Waals surface area (Å²) in [7, 11) is 0. The summed E-state index contributed by atoms with van der Waals surface area (Å²) >= 11 is 0. The molecule has 2 atom stereocenters. The Kier molecular flexibility index (Phi) is 7.53. The number of likely N-dealkylation sites (tertiary alicyclic amines) is 1. The van der Waals surface area contributed by atoms with Crippen molar-refractivity contribution in [3.8, 4) is 11.5 Å². The van der Waals surface area contributed by atoms with Crippen LogP contribution in [0.5, 0.6) is 11.5 Å². The summed E-state index contributed by atoms with van der Waals surface area (Å²) in [4.78, 5) is 32.1. The molecule has 1 aromatic heterocycles. The number of aromatic nitrogens is 3. The standard InChI is InChI=1S/C29H26F2N4O3/c30-23-6-10-26(11-7-23)38-25-8-4-20(5-9-25)15-28(36)27-14-22(12-21-2-1-3-24(31)13-21)16-35(27)29(37)17-34-19-32-18-33-34/h1-11,13,18-19,22,27H,12,14-17H2/t22-,27+/m1/s1. The van der Waals surface area contributed by atoms with Gasteiger partial charge in [-0.2, -0.15) is 5.10 Å². The van der Waals surface area contributed by atoms with E-state index in [0.29, 0.717) is 30.9 Å². The van der Waals surface area contributed by atoms with Crippen molar-refractivity contribution in [3.05, 3.63) is 108 Å². The van der Waals surface area contributed by atoms with E-state index in [-0.39, 0.29) is 42.2 Å². The van der Waals surface area contributed by atoms with E-state index in [1.807, 2.05) is 6.07 Å². The van der Waals surface area contributed by atoms with Crippen molar-refractivity contribution in [3.63, 3.8) is 0 Å². The van der Waals surface area contributed by atoms with Gasteiger partial charge in [0.2, 0.25) is 5.91 Å². The lowest BCUT2D eigenvalue weighted by Crippen LogP contribution is -2.42. The van der Waals surface area contributed by atoms with Crippen molar-refractivity contribution >= 4 is 11.7 Å². The molecule has 1 aliphatic rings. The number of ether oxygens (including phenoxy) is 1. The lowest BCUT2D eigenvalue weighted by atomic mass is 9.94. The van der Waals surface area contributed by atoms with Crippen molar-refractivity contribution in [2.75, 3.05) is 6.54 Å². The van der Waals surface area contributed by atoms with Crippen molar-refractivity contribution in [1.82, 2.24) is 19.7 Å². The normalized spacial score (nSPS) is 16.9. The number of carbonyl (C=O) groups is 2. The topological polar surface area (TPSA) is 77.3 Å². The highest BCUT2D eigenvalue weighted by molar-refractivity contribution is 5.91. The smallest absolute Gasteiger partial charge is 0.244 e. The zero-order valence-electron chi connectivity index (χ0n) is 20.5. The van der Waals surface area contributed by atoms with Gasteiger partial charge in [-0.3, -0.25) is 9.59 Å². The summed E-state index contributed by atoms with van der Waals surface area (Å²) in [6.07, 6.45) is 4.05. The van der Waals surface area contributed by atoms with Gasteiger partial charge in [-0.1, -0.05) is 24.3 Å². The van der Waals surface area contributed by atoms with Gasteiger partial charge < -0.3 is 9.64 Å². The predicted molar refractivity (Wildman–Crippen MR) is 135 cm³/mol. The lowest BCUT2D eigenvalue weighted by Gasteiger charge is -2.23. The summed E-state index contributed by atoms with van der Waals surface area (Å²) < 4.78 is 34.0. The summed E-state index contributed by atoms with van der Waals surface area (Å²) in [6.45, 7) is 0.400. The summed E-state index contributed by atoms with van der Waals surface area (Å²) in [5.74, 6) is 0.172. The molecule has 0 aliphatic carbocycles. The molecule has 194 valence electrons.